The van der Waals surface area contributed by atoms with Gasteiger partial charge in [0.15, 0.2) is 6.61 Å². The van der Waals surface area contributed by atoms with Crippen molar-refractivity contribution in [1.29, 1.82) is 0 Å². The Labute approximate surface area is 130 Å². The number of likely N-dealkylation sites (tertiary alicyclic amines) is 1. The van der Waals surface area contributed by atoms with Gasteiger partial charge in [-0.2, -0.15) is 0 Å². The van der Waals surface area contributed by atoms with Gasteiger partial charge in [0.1, 0.15) is 5.75 Å². The topological polar surface area (TPSA) is 66.8 Å². The van der Waals surface area contributed by atoms with Gasteiger partial charge >= 0.3 is 5.97 Å². The van der Waals surface area contributed by atoms with Crippen LogP contribution in [-0.4, -0.2) is 41.6 Å². The number of rotatable bonds is 4. The first kappa shape index (κ1) is 16.3. The summed E-state index contributed by atoms with van der Waals surface area (Å²) in [6.07, 6.45) is 1.36. The summed E-state index contributed by atoms with van der Waals surface area (Å²) in [5, 5.41) is 9.08. The average Bonchev–Trinajstić information content (AvgIpc) is 2.46. The fourth-order valence-electron chi connectivity index (χ4n) is 3.02. The summed E-state index contributed by atoms with van der Waals surface area (Å²) >= 11 is 0. The number of carbonyl (C=O) groups excluding carboxylic acids is 1. The number of carboxylic acid groups (broad SMARTS) is 1. The molecule has 1 fully saturated rings. The molecule has 0 spiro atoms. The first-order valence-corrected chi connectivity index (χ1v) is 7.59. The minimum atomic E-state index is -0.830. The maximum absolute atomic E-state index is 12.2. The van der Waals surface area contributed by atoms with Crippen LogP contribution in [0.15, 0.2) is 12.1 Å². The van der Waals surface area contributed by atoms with Crippen molar-refractivity contribution in [3.63, 3.8) is 0 Å². The summed E-state index contributed by atoms with van der Waals surface area (Å²) in [5.41, 5.74) is 3.17. The highest BCUT2D eigenvalue weighted by Gasteiger charge is 2.28. The maximum atomic E-state index is 12.2. The Bertz CT molecular complexity index is 559. The van der Waals surface area contributed by atoms with Gasteiger partial charge in [-0.25, -0.2) is 0 Å². The van der Waals surface area contributed by atoms with E-state index in [0.717, 1.165) is 28.9 Å². The second-order valence-corrected chi connectivity index (χ2v) is 6.03. The van der Waals surface area contributed by atoms with Crippen LogP contribution in [0.25, 0.3) is 0 Å². The molecule has 1 N–H and O–H groups in total. The Morgan fingerprint density at radius 2 is 1.91 bits per heavy atom. The molecular formula is C17H23NO4. The number of aliphatic carboxylic acids is 1. The highest BCUT2D eigenvalue weighted by atomic mass is 16.5. The summed E-state index contributed by atoms with van der Waals surface area (Å²) < 4.78 is 5.69. The van der Waals surface area contributed by atoms with E-state index in [0.29, 0.717) is 13.0 Å². The molecule has 1 saturated heterocycles. The molecule has 1 aromatic carbocycles. The van der Waals surface area contributed by atoms with Gasteiger partial charge in [0, 0.05) is 13.1 Å². The van der Waals surface area contributed by atoms with Gasteiger partial charge in [-0.05, 0) is 44.7 Å². The molecule has 1 aliphatic heterocycles. The fraction of sp³-hybridized carbons (Fsp3) is 0.529. The van der Waals surface area contributed by atoms with E-state index in [1.165, 1.54) is 0 Å². The lowest BCUT2D eigenvalue weighted by atomic mass is 9.98. The molecule has 5 nitrogen and oxygen atoms in total. The molecule has 0 bridgehead atoms. The predicted molar refractivity (Wildman–Crippen MR) is 83.1 cm³/mol. The van der Waals surface area contributed by atoms with Crippen LogP contribution in [0.3, 0.4) is 0 Å². The lowest BCUT2D eigenvalue weighted by Gasteiger charge is -2.30. The smallest absolute Gasteiger partial charge is 0.308 e. The molecule has 0 aliphatic carbocycles. The SMILES string of the molecule is Cc1cc(C)c(OCC(=O)N2CCC[C@H](C(=O)O)C2)c(C)c1. The van der Waals surface area contributed by atoms with Crippen molar-refractivity contribution in [2.24, 2.45) is 5.92 Å². The third-order valence-corrected chi connectivity index (χ3v) is 4.07. The first-order valence-electron chi connectivity index (χ1n) is 7.59. The van der Waals surface area contributed by atoms with Crippen LogP contribution in [-0.2, 0) is 9.59 Å². The zero-order chi connectivity index (χ0) is 16.3. The summed E-state index contributed by atoms with van der Waals surface area (Å²) in [7, 11) is 0. The van der Waals surface area contributed by atoms with Crippen LogP contribution in [0.2, 0.25) is 0 Å². The molecule has 0 aromatic heterocycles. The number of carbonyl (C=O) groups is 2. The van der Waals surface area contributed by atoms with Crippen LogP contribution in [0.1, 0.15) is 29.5 Å². The minimum Gasteiger partial charge on any atom is -0.483 e. The van der Waals surface area contributed by atoms with Crippen molar-refractivity contribution < 1.29 is 19.4 Å². The second-order valence-electron chi connectivity index (χ2n) is 6.03. The van der Waals surface area contributed by atoms with Gasteiger partial charge in [0.05, 0.1) is 5.92 Å². The predicted octanol–water partition coefficient (Wildman–Crippen LogP) is 2.31. The van der Waals surface area contributed by atoms with E-state index in [1.807, 2.05) is 32.9 Å². The van der Waals surface area contributed by atoms with Gasteiger partial charge < -0.3 is 14.7 Å². The van der Waals surface area contributed by atoms with Crippen LogP contribution < -0.4 is 4.74 Å². The normalized spacial score (nSPS) is 18.1. The van der Waals surface area contributed by atoms with Crippen LogP contribution in [0, 0.1) is 26.7 Å². The van der Waals surface area contributed by atoms with Gasteiger partial charge in [-0.1, -0.05) is 17.7 Å². The van der Waals surface area contributed by atoms with E-state index >= 15 is 0 Å². The Hall–Kier alpha value is -2.04. The standard InChI is InChI=1S/C17H23NO4/c1-11-7-12(2)16(13(3)8-11)22-10-15(19)18-6-4-5-14(9-18)17(20)21/h7-8,14H,4-6,9-10H2,1-3H3,(H,20,21)/t14-/m0/s1. The maximum Gasteiger partial charge on any atom is 0.308 e. The third kappa shape index (κ3) is 3.78. The van der Waals surface area contributed by atoms with Crippen LogP contribution in [0.4, 0.5) is 0 Å². The number of piperidine rings is 1. The number of amides is 1. The van der Waals surface area contributed by atoms with Crippen molar-refractivity contribution in [3.05, 3.63) is 28.8 Å². The molecule has 22 heavy (non-hydrogen) atoms. The molecule has 0 unspecified atom stereocenters. The number of ether oxygens (including phenoxy) is 1. The zero-order valence-corrected chi connectivity index (χ0v) is 13.4. The molecule has 1 aliphatic rings. The Morgan fingerprint density at radius 3 is 2.50 bits per heavy atom. The first-order chi connectivity index (χ1) is 10.4. The molecule has 5 heteroatoms. The molecule has 0 radical (unpaired) electrons. The largest absolute Gasteiger partial charge is 0.483 e. The molecule has 120 valence electrons. The number of hydrogen-bond donors (Lipinski definition) is 1. The van der Waals surface area contributed by atoms with E-state index in [9.17, 15) is 9.59 Å². The molecule has 1 atom stereocenters. The summed E-state index contributed by atoms with van der Waals surface area (Å²) in [6, 6.07) is 4.04. The molecule has 2 rings (SSSR count). The van der Waals surface area contributed by atoms with Gasteiger partial charge in [0.2, 0.25) is 0 Å². The average molecular weight is 305 g/mol. The van der Waals surface area contributed by atoms with Gasteiger partial charge in [0.25, 0.3) is 5.91 Å². The Kier molecular flexibility index (Phi) is 5.06. The number of nitrogens with zero attached hydrogens (tertiary/aromatic N) is 1. The van der Waals surface area contributed by atoms with Crippen LogP contribution >= 0.6 is 0 Å². The van der Waals surface area contributed by atoms with E-state index < -0.39 is 11.9 Å². The summed E-state index contributed by atoms with van der Waals surface area (Å²) in [4.78, 5) is 24.9. The quantitative estimate of drug-likeness (QED) is 0.927. The van der Waals surface area contributed by atoms with E-state index in [1.54, 1.807) is 4.90 Å². The molecule has 1 amide bonds. The number of hydrogen-bond acceptors (Lipinski definition) is 3. The fourth-order valence-corrected chi connectivity index (χ4v) is 3.02. The van der Waals surface area contributed by atoms with Crippen molar-refractivity contribution in [2.75, 3.05) is 19.7 Å². The Morgan fingerprint density at radius 1 is 1.27 bits per heavy atom. The molecule has 0 saturated carbocycles. The third-order valence-electron chi connectivity index (χ3n) is 4.07. The number of aryl methyl sites for hydroxylation is 3. The highest BCUT2D eigenvalue weighted by Crippen LogP contribution is 2.25. The number of benzene rings is 1. The summed E-state index contributed by atoms with van der Waals surface area (Å²) in [6.45, 7) is 6.79. The second kappa shape index (κ2) is 6.81. The molecule has 1 aromatic rings. The minimum absolute atomic E-state index is 0.0446. The van der Waals surface area contributed by atoms with Crippen LogP contribution in [0.5, 0.6) is 5.75 Å². The monoisotopic (exact) mass is 305 g/mol. The van der Waals surface area contributed by atoms with Gasteiger partial charge in [-0.3, -0.25) is 9.59 Å². The van der Waals surface area contributed by atoms with E-state index in [-0.39, 0.29) is 19.1 Å². The van der Waals surface area contributed by atoms with Crippen molar-refractivity contribution in [2.45, 2.75) is 33.6 Å². The summed E-state index contributed by atoms with van der Waals surface area (Å²) in [5.74, 6) is -0.694. The molecule has 1 heterocycles. The lowest BCUT2D eigenvalue weighted by Crippen LogP contribution is -2.44. The van der Waals surface area contributed by atoms with Crippen molar-refractivity contribution >= 4 is 11.9 Å². The van der Waals surface area contributed by atoms with Gasteiger partial charge in [-0.15, -0.1) is 0 Å². The lowest BCUT2D eigenvalue weighted by molar-refractivity contribution is -0.146. The zero-order valence-electron chi connectivity index (χ0n) is 13.4. The highest BCUT2D eigenvalue weighted by molar-refractivity contribution is 5.79. The number of carboxylic acids is 1. The van der Waals surface area contributed by atoms with E-state index in [2.05, 4.69) is 0 Å². The van der Waals surface area contributed by atoms with Crippen molar-refractivity contribution in [3.8, 4) is 5.75 Å². The van der Waals surface area contributed by atoms with E-state index in [4.69, 9.17) is 9.84 Å². The molecular weight excluding hydrogens is 282 g/mol. The van der Waals surface area contributed by atoms with Crippen molar-refractivity contribution in [1.82, 2.24) is 4.90 Å². The Balaban J connectivity index is 1.97.